The lowest BCUT2D eigenvalue weighted by atomic mass is 10.00. The molecule has 0 bridgehead atoms. The van der Waals surface area contributed by atoms with Crippen LogP contribution in [0.4, 0.5) is 11.4 Å². The van der Waals surface area contributed by atoms with E-state index in [-0.39, 0.29) is 23.3 Å². The van der Waals surface area contributed by atoms with Gasteiger partial charge in [-0.2, -0.15) is 0 Å². The number of hydrogen-bond acceptors (Lipinski definition) is 4. The van der Waals surface area contributed by atoms with E-state index in [4.69, 9.17) is 5.73 Å². The van der Waals surface area contributed by atoms with Crippen molar-refractivity contribution in [3.63, 3.8) is 0 Å². The third-order valence-electron chi connectivity index (χ3n) is 4.61. The minimum absolute atomic E-state index is 0.0206. The summed E-state index contributed by atoms with van der Waals surface area (Å²) in [5.74, 6) is -1.81. The Labute approximate surface area is 174 Å². The van der Waals surface area contributed by atoms with Crippen molar-refractivity contribution < 1.29 is 19.5 Å². The Morgan fingerprint density at radius 3 is 1.97 bits per heavy atom. The highest BCUT2D eigenvalue weighted by Crippen LogP contribution is 2.18. The fourth-order valence-corrected chi connectivity index (χ4v) is 3.14. The molecule has 0 heterocycles. The summed E-state index contributed by atoms with van der Waals surface area (Å²) < 4.78 is 0. The number of hydrogen-bond donors (Lipinski definition) is 3. The lowest BCUT2D eigenvalue weighted by molar-refractivity contribution is -0.116. The average Bonchev–Trinajstić information content (AvgIpc) is 2.70. The van der Waals surface area contributed by atoms with Gasteiger partial charge in [0.05, 0.1) is 11.1 Å². The summed E-state index contributed by atoms with van der Waals surface area (Å²) in [6.45, 7) is 1.44. The highest BCUT2D eigenvalue weighted by Gasteiger charge is 2.18. The van der Waals surface area contributed by atoms with Crippen LogP contribution < -0.4 is 11.1 Å². The predicted molar refractivity (Wildman–Crippen MR) is 116 cm³/mol. The maximum Gasteiger partial charge on any atom is 0.336 e. The molecule has 0 fully saturated rings. The zero-order chi connectivity index (χ0) is 21.7. The molecule has 0 aliphatic heterocycles. The Hall–Kier alpha value is -3.93. The van der Waals surface area contributed by atoms with Crippen molar-refractivity contribution in [2.45, 2.75) is 19.8 Å². The normalized spacial score (nSPS) is 10.4. The summed E-state index contributed by atoms with van der Waals surface area (Å²) in [5.41, 5.74) is 9.65. The first-order chi connectivity index (χ1) is 14.3. The van der Waals surface area contributed by atoms with E-state index in [1.54, 1.807) is 18.2 Å². The molecule has 0 aromatic heterocycles. The van der Waals surface area contributed by atoms with Crippen LogP contribution in [0.25, 0.3) is 0 Å². The molecule has 0 atom stereocenters. The molecular weight excluding hydrogens is 380 g/mol. The minimum atomic E-state index is -1.20. The van der Waals surface area contributed by atoms with Gasteiger partial charge in [-0.05, 0) is 66.4 Å². The van der Waals surface area contributed by atoms with E-state index < -0.39 is 11.9 Å². The smallest absolute Gasteiger partial charge is 0.336 e. The lowest BCUT2D eigenvalue weighted by Gasteiger charge is -2.10. The van der Waals surface area contributed by atoms with Crippen LogP contribution in [0.5, 0.6) is 0 Å². The van der Waals surface area contributed by atoms with Gasteiger partial charge in [0.1, 0.15) is 5.78 Å². The van der Waals surface area contributed by atoms with Gasteiger partial charge in [0, 0.05) is 17.8 Å². The molecule has 3 aromatic carbocycles. The molecule has 3 rings (SSSR count). The van der Waals surface area contributed by atoms with Crippen molar-refractivity contribution in [2.24, 2.45) is 0 Å². The summed E-state index contributed by atoms with van der Waals surface area (Å²) in [6.07, 6.45) is 0.866. The van der Waals surface area contributed by atoms with Crippen molar-refractivity contribution in [3.8, 4) is 0 Å². The average molecular weight is 402 g/mol. The van der Waals surface area contributed by atoms with Crippen LogP contribution in [0.2, 0.25) is 0 Å². The fourth-order valence-electron chi connectivity index (χ4n) is 3.14. The number of carbonyl (C=O) groups excluding carboxylic acids is 2. The van der Waals surface area contributed by atoms with Gasteiger partial charge in [-0.15, -0.1) is 0 Å². The van der Waals surface area contributed by atoms with Gasteiger partial charge in [0.2, 0.25) is 0 Å². The maximum absolute atomic E-state index is 12.7. The molecule has 30 heavy (non-hydrogen) atoms. The van der Waals surface area contributed by atoms with Crippen LogP contribution in [0.15, 0.2) is 66.7 Å². The number of carbonyl (C=O) groups is 3. The molecule has 152 valence electrons. The van der Waals surface area contributed by atoms with Crippen molar-refractivity contribution in [2.75, 3.05) is 11.1 Å². The number of nitrogen functional groups attached to an aromatic ring is 1. The van der Waals surface area contributed by atoms with Gasteiger partial charge in [0.15, 0.2) is 0 Å². The number of carboxylic acids is 1. The highest BCUT2D eigenvalue weighted by molar-refractivity contribution is 6.10. The molecule has 0 saturated carbocycles. The number of nitrogens with one attached hydrogen (secondary N) is 1. The zero-order valence-corrected chi connectivity index (χ0v) is 16.5. The summed E-state index contributed by atoms with van der Waals surface area (Å²) in [4.78, 5) is 35.6. The van der Waals surface area contributed by atoms with Crippen LogP contribution in [0.3, 0.4) is 0 Å². The molecule has 6 heteroatoms. The van der Waals surface area contributed by atoms with Crippen molar-refractivity contribution in [1.82, 2.24) is 0 Å². The number of ketones is 1. The molecule has 0 spiro atoms. The molecule has 0 aliphatic rings. The van der Waals surface area contributed by atoms with Gasteiger partial charge >= 0.3 is 5.97 Å². The number of benzene rings is 3. The van der Waals surface area contributed by atoms with E-state index in [1.807, 2.05) is 36.4 Å². The maximum atomic E-state index is 12.7. The van der Waals surface area contributed by atoms with Gasteiger partial charge in [-0.1, -0.05) is 30.3 Å². The van der Waals surface area contributed by atoms with E-state index >= 15 is 0 Å². The molecule has 6 nitrogen and oxygen atoms in total. The van der Waals surface area contributed by atoms with E-state index in [0.717, 1.165) is 17.5 Å². The van der Waals surface area contributed by atoms with Crippen molar-refractivity contribution >= 4 is 29.0 Å². The summed E-state index contributed by atoms with van der Waals surface area (Å²) in [7, 11) is 0. The van der Waals surface area contributed by atoms with Gasteiger partial charge in [-0.25, -0.2) is 4.79 Å². The summed E-state index contributed by atoms with van der Waals surface area (Å²) >= 11 is 0. The molecule has 0 saturated heterocycles. The van der Waals surface area contributed by atoms with Crippen molar-refractivity contribution in [1.29, 1.82) is 0 Å². The predicted octanol–water partition coefficient (Wildman–Crippen LogP) is 3.94. The first-order valence-corrected chi connectivity index (χ1v) is 9.42. The SMILES string of the molecule is CC(=O)Cc1ccc(C(=O)O)c(C(=O)Nc2ccc(Cc3ccc(N)cc3)cc2)c1. The third kappa shape index (κ3) is 5.32. The highest BCUT2D eigenvalue weighted by atomic mass is 16.4. The number of amides is 1. The number of carboxylic acid groups (broad SMARTS) is 1. The van der Waals surface area contributed by atoms with Crippen molar-refractivity contribution in [3.05, 3.63) is 94.5 Å². The van der Waals surface area contributed by atoms with E-state index in [0.29, 0.717) is 16.9 Å². The molecule has 0 unspecified atom stereocenters. The third-order valence-corrected chi connectivity index (χ3v) is 4.61. The molecule has 4 N–H and O–H groups in total. The van der Waals surface area contributed by atoms with Crippen LogP contribution in [0, 0.1) is 0 Å². The topological polar surface area (TPSA) is 109 Å². The molecular formula is C24H22N2O4. The van der Waals surface area contributed by atoms with E-state index in [9.17, 15) is 19.5 Å². The lowest BCUT2D eigenvalue weighted by Crippen LogP contribution is -2.17. The molecule has 3 aromatic rings. The standard InChI is InChI=1S/C24H22N2O4/c1-15(27)12-18-6-11-21(24(29)30)22(14-18)23(28)26-20-9-4-17(5-10-20)13-16-2-7-19(25)8-3-16/h2-11,14H,12-13,25H2,1H3,(H,26,28)(H,29,30). The Kier molecular flexibility index (Phi) is 6.27. The first-order valence-electron chi connectivity index (χ1n) is 9.42. The van der Waals surface area contributed by atoms with Gasteiger partial charge in [-0.3, -0.25) is 9.59 Å². The van der Waals surface area contributed by atoms with E-state index in [2.05, 4.69) is 5.32 Å². The Bertz CT molecular complexity index is 1090. The molecule has 0 radical (unpaired) electrons. The summed E-state index contributed by atoms with van der Waals surface area (Å²) in [5, 5.41) is 12.1. The number of rotatable bonds is 7. The van der Waals surface area contributed by atoms with Crippen LogP contribution >= 0.6 is 0 Å². The first kappa shape index (κ1) is 20.8. The van der Waals surface area contributed by atoms with Crippen LogP contribution in [-0.4, -0.2) is 22.8 Å². The van der Waals surface area contributed by atoms with E-state index in [1.165, 1.54) is 19.1 Å². The molecule has 1 amide bonds. The van der Waals surface area contributed by atoms with Gasteiger partial charge in [0.25, 0.3) is 5.91 Å². The number of aromatic carboxylic acids is 1. The quantitative estimate of drug-likeness (QED) is 0.519. The monoisotopic (exact) mass is 402 g/mol. The minimum Gasteiger partial charge on any atom is -0.478 e. The second-order valence-corrected chi connectivity index (χ2v) is 7.13. The number of anilines is 2. The van der Waals surface area contributed by atoms with Crippen LogP contribution in [0.1, 0.15) is 44.3 Å². The number of nitrogens with two attached hydrogens (primary N) is 1. The Morgan fingerprint density at radius 1 is 0.833 bits per heavy atom. The Balaban J connectivity index is 1.75. The second-order valence-electron chi connectivity index (χ2n) is 7.13. The number of Topliss-reactive ketones (excluding diaryl/α,β-unsaturated/α-hetero) is 1. The molecule has 0 aliphatic carbocycles. The summed E-state index contributed by atoms with van der Waals surface area (Å²) in [6, 6.07) is 19.3. The second kappa shape index (κ2) is 9.05. The van der Waals surface area contributed by atoms with Crippen LogP contribution in [-0.2, 0) is 17.6 Å². The largest absolute Gasteiger partial charge is 0.478 e. The van der Waals surface area contributed by atoms with Gasteiger partial charge < -0.3 is 16.2 Å². The zero-order valence-electron chi connectivity index (χ0n) is 16.5. The Morgan fingerprint density at radius 2 is 1.40 bits per heavy atom. The fraction of sp³-hybridized carbons (Fsp3) is 0.125.